The molecule has 0 spiro atoms. The predicted molar refractivity (Wildman–Crippen MR) is 330 cm³/mol. The molecule has 8 aromatic carbocycles. The number of ether oxygens (including phenoxy) is 4. The molecule has 432 valence electrons. The van der Waals surface area contributed by atoms with Gasteiger partial charge in [-0.2, -0.15) is 0 Å². The summed E-state index contributed by atoms with van der Waals surface area (Å²) >= 11 is 0. The molecule has 12 heteroatoms. The van der Waals surface area contributed by atoms with Gasteiger partial charge < -0.3 is 18.9 Å². The van der Waals surface area contributed by atoms with Crippen molar-refractivity contribution in [3.8, 4) is 34.5 Å². The molecule has 0 saturated carbocycles. The number of carbonyl (C=O) groups excluding carboxylic acids is 2. The number of nitro groups is 2. The molecule has 0 aliphatic heterocycles. The van der Waals surface area contributed by atoms with Crippen molar-refractivity contribution < 1.29 is 38.4 Å². The van der Waals surface area contributed by atoms with E-state index in [1.54, 1.807) is 0 Å². The zero-order valence-electron chi connectivity index (χ0n) is 50.2. The first kappa shape index (κ1) is 59.7. The summed E-state index contributed by atoms with van der Waals surface area (Å²) in [6.45, 7) is 26.4. The van der Waals surface area contributed by atoms with Crippen LogP contribution in [0.4, 0.5) is 11.4 Å². The number of hydrogen-bond acceptors (Lipinski definition) is 10. The van der Waals surface area contributed by atoms with Crippen molar-refractivity contribution >= 4 is 23.9 Å². The molecular weight excluding hydrogens is 1050 g/mol. The van der Waals surface area contributed by atoms with Crippen LogP contribution in [0.1, 0.15) is 182 Å². The summed E-state index contributed by atoms with van der Waals surface area (Å²) in [7, 11) is 0. The molecule has 0 aromatic heterocycles. The molecule has 1 aliphatic rings. The Morgan fingerprint density at radius 2 is 0.643 bits per heavy atom. The van der Waals surface area contributed by atoms with Crippen molar-refractivity contribution in [3.05, 3.63) is 255 Å². The SMILES string of the molecule is CC(C)(C)c1cc2c(OCc3ccccc3)c(c1)Cc1cc(C(C)(C)C)cc(c1Oc1ccc(C=O)cc1[N+](=O)[O-])Cc1cc(C(C)(C)C)cc(c1OCc1ccccc1)Cc1cc(C(C)(C)C)cc(c1Oc1ccc(C=O)cc1[N+](=O)[O-])C2. The Bertz CT molecular complexity index is 3470. The summed E-state index contributed by atoms with van der Waals surface area (Å²) < 4.78 is 28.6. The fourth-order valence-corrected chi connectivity index (χ4v) is 10.6. The standard InChI is InChI=1S/C72H74N2O10/c1-69(2,3)57-33-49-29-53-37-59(71(7,8)9)39-55(67(53)83-63-25-23-47(41-75)27-61(63)73(77)78)31-51-35-58(70(4,5)6)36-52(66(51)82-44-46-21-17-14-18-22-46)32-56-40-60(72(10,11)12)38-54(30-50(34-57)65(49)81-43-45-19-15-13-16-20-45)68(56)84-64-26-24-48(42-76)28-62(64)74(79)80/h13-28,33-42H,29-32,43-44H2,1-12H3. The van der Waals surface area contributed by atoms with Gasteiger partial charge in [-0.05, 0) is 124 Å². The van der Waals surface area contributed by atoms with Crippen LogP contribution in [0.3, 0.4) is 0 Å². The quantitative estimate of drug-likeness (QED) is 0.0583. The number of rotatable bonds is 14. The number of hydrogen-bond donors (Lipinski definition) is 0. The molecule has 0 unspecified atom stereocenters. The normalized spacial score (nSPS) is 12.7. The topological polar surface area (TPSA) is 157 Å². The van der Waals surface area contributed by atoms with Crippen LogP contribution in [0.25, 0.3) is 0 Å². The lowest BCUT2D eigenvalue weighted by atomic mass is 9.79. The van der Waals surface area contributed by atoms with Gasteiger partial charge in [0, 0.05) is 48.9 Å². The molecule has 8 bridgehead atoms. The van der Waals surface area contributed by atoms with Crippen molar-refractivity contribution in [3.63, 3.8) is 0 Å². The van der Waals surface area contributed by atoms with Gasteiger partial charge in [0.2, 0.25) is 11.5 Å². The number of aldehydes is 2. The maximum absolute atomic E-state index is 13.0. The zero-order valence-corrected chi connectivity index (χ0v) is 50.2. The van der Waals surface area contributed by atoms with Gasteiger partial charge in [-0.3, -0.25) is 29.8 Å². The second kappa shape index (κ2) is 23.8. The van der Waals surface area contributed by atoms with Gasteiger partial charge in [0.25, 0.3) is 0 Å². The number of fused-ring (bicyclic) bond motifs is 8. The average Bonchev–Trinajstić information content (AvgIpc) is 3.63. The fourth-order valence-electron chi connectivity index (χ4n) is 10.6. The van der Waals surface area contributed by atoms with Crippen LogP contribution < -0.4 is 18.9 Å². The molecule has 0 radical (unpaired) electrons. The third-order valence-corrected chi connectivity index (χ3v) is 15.5. The van der Waals surface area contributed by atoms with Gasteiger partial charge in [-0.25, -0.2) is 0 Å². The molecule has 0 saturated heterocycles. The molecule has 9 rings (SSSR count). The molecule has 0 atom stereocenters. The molecule has 8 aromatic rings. The lowest BCUT2D eigenvalue weighted by molar-refractivity contribution is -0.385. The lowest BCUT2D eigenvalue weighted by Crippen LogP contribution is -2.17. The molecule has 12 nitrogen and oxygen atoms in total. The molecule has 1 aliphatic carbocycles. The van der Waals surface area contributed by atoms with Gasteiger partial charge in [0.1, 0.15) is 48.8 Å². The fraction of sp³-hybridized carbons (Fsp3) is 0.306. The Labute approximate surface area is 493 Å². The highest BCUT2D eigenvalue weighted by atomic mass is 16.6. The highest BCUT2D eigenvalue weighted by Gasteiger charge is 2.32. The van der Waals surface area contributed by atoms with Crippen LogP contribution in [0.15, 0.2) is 146 Å². The minimum atomic E-state index is -0.525. The van der Waals surface area contributed by atoms with E-state index in [4.69, 9.17) is 18.9 Å². The Hall–Kier alpha value is -8.90. The van der Waals surface area contributed by atoms with Crippen LogP contribution in [-0.2, 0) is 60.6 Å². The summed E-state index contributed by atoms with van der Waals surface area (Å²) in [5.74, 6) is 2.01. The van der Waals surface area contributed by atoms with E-state index in [2.05, 4.69) is 132 Å². The third kappa shape index (κ3) is 13.6. The Morgan fingerprint density at radius 1 is 0.381 bits per heavy atom. The largest absolute Gasteiger partial charge is 0.488 e. The maximum Gasteiger partial charge on any atom is 0.312 e. The first-order chi connectivity index (χ1) is 39.7. The van der Waals surface area contributed by atoms with Gasteiger partial charge in [0.15, 0.2) is 0 Å². The molecule has 84 heavy (non-hydrogen) atoms. The van der Waals surface area contributed by atoms with E-state index < -0.39 is 31.5 Å². The van der Waals surface area contributed by atoms with Crippen molar-refractivity contribution in [1.29, 1.82) is 0 Å². The predicted octanol–water partition coefficient (Wildman–Crippen LogP) is 17.7. The second-order valence-electron chi connectivity index (χ2n) is 26.2. The monoisotopic (exact) mass is 1130 g/mol. The summed E-state index contributed by atoms with van der Waals surface area (Å²) in [6, 6.07) is 45.6. The van der Waals surface area contributed by atoms with E-state index >= 15 is 0 Å². The van der Waals surface area contributed by atoms with Gasteiger partial charge in [0.05, 0.1) is 9.85 Å². The third-order valence-electron chi connectivity index (χ3n) is 15.5. The number of nitrogens with zero attached hydrogens (tertiary/aromatic N) is 2. The first-order valence-electron chi connectivity index (χ1n) is 28.5. The van der Waals surface area contributed by atoms with Crippen molar-refractivity contribution in [1.82, 2.24) is 0 Å². The Morgan fingerprint density at radius 3 is 0.881 bits per heavy atom. The summed E-state index contributed by atoms with van der Waals surface area (Å²) in [5, 5.41) is 26.0. The highest BCUT2D eigenvalue weighted by Crippen LogP contribution is 2.47. The maximum atomic E-state index is 13.0. The average molecular weight is 1130 g/mol. The minimum absolute atomic E-state index is 0.0259. The van der Waals surface area contributed by atoms with Crippen LogP contribution in [-0.4, -0.2) is 22.4 Å². The van der Waals surface area contributed by atoms with Crippen LogP contribution in [0.5, 0.6) is 34.5 Å². The van der Waals surface area contributed by atoms with Crippen LogP contribution in [0.2, 0.25) is 0 Å². The number of carbonyl (C=O) groups is 2. The Kier molecular flexibility index (Phi) is 16.9. The zero-order chi connectivity index (χ0) is 60.5. The summed E-state index contributed by atoms with van der Waals surface area (Å²) in [4.78, 5) is 49.2. The van der Waals surface area contributed by atoms with E-state index in [9.17, 15) is 29.8 Å². The molecule has 0 heterocycles. The summed E-state index contributed by atoms with van der Waals surface area (Å²) in [6.07, 6.45) is 2.13. The van der Waals surface area contributed by atoms with E-state index in [0.717, 1.165) is 77.9 Å². The molecular formula is C72H74N2O10. The highest BCUT2D eigenvalue weighted by molar-refractivity contribution is 5.78. The summed E-state index contributed by atoms with van der Waals surface area (Å²) in [5.41, 5.74) is 10.1. The second-order valence-corrected chi connectivity index (χ2v) is 26.2. The lowest BCUT2D eigenvalue weighted by Gasteiger charge is -2.29. The Balaban J connectivity index is 1.45. The van der Waals surface area contributed by atoms with Crippen molar-refractivity contribution in [2.75, 3.05) is 0 Å². The van der Waals surface area contributed by atoms with E-state index in [1.165, 1.54) is 36.4 Å². The minimum Gasteiger partial charge on any atom is -0.488 e. The number of nitro benzene ring substituents is 2. The van der Waals surface area contributed by atoms with E-state index in [0.29, 0.717) is 35.6 Å². The van der Waals surface area contributed by atoms with Crippen LogP contribution in [0, 0.1) is 20.2 Å². The van der Waals surface area contributed by atoms with Gasteiger partial charge in [-0.15, -0.1) is 0 Å². The van der Waals surface area contributed by atoms with Crippen LogP contribution >= 0.6 is 0 Å². The molecule has 0 N–H and O–H groups in total. The first-order valence-corrected chi connectivity index (χ1v) is 28.5. The molecule has 0 amide bonds. The molecule has 0 fully saturated rings. The van der Waals surface area contributed by atoms with Gasteiger partial charge >= 0.3 is 11.4 Å². The van der Waals surface area contributed by atoms with Gasteiger partial charge in [-0.1, -0.05) is 192 Å². The van der Waals surface area contributed by atoms with Crippen molar-refractivity contribution in [2.24, 2.45) is 0 Å². The van der Waals surface area contributed by atoms with E-state index in [-0.39, 0.29) is 72.9 Å². The van der Waals surface area contributed by atoms with Crippen molar-refractivity contribution in [2.45, 2.75) is 144 Å². The van der Waals surface area contributed by atoms with E-state index in [1.807, 2.05) is 60.7 Å². The smallest absolute Gasteiger partial charge is 0.312 e. The number of benzene rings is 8.